The minimum absolute atomic E-state index is 0.0825. The molecule has 0 aromatic carbocycles. The Morgan fingerprint density at radius 1 is 1.61 bits per heavy atom. The lowest BCUT2D eigenvalue weighted by Gasteiger charge is -2.21. The molecule has 1 aromatic rings. The number of nitrogens with zero attached hydrogens (tertiary/aromatic N) is 2. The summed E-state index contributed by atoms with van der Waals surface area (Å²) in [6.07, 6.45) is 3.25. The highest BCUT2D eigenvalue weighted by atomic mass is 32.2. The number of H-pyrrole nitrogens is 1. The van der Waals surface area contributed by atoms with Crippen LogP contribution in [0.25, 0.3) is 0 Å². The number of aromatic nitrogens is 2. The number of hydrogen-bond acceptors (Lipinski definition) is 5. The SMILES string of the molecule is COCCN(C1CC1)S(=O)(=O)c1[nH]ncc1CN. The summed E-state index contributed by atoms with van der Waals surface area (Å²) >= 11 is 0. The first-order valence-electron chi connectivity index (χ1n) is 5.84. The third-order valence-electron chi connectivity index (χ3n) is 2.93. The Morgan fingerprint density at radius 3 is 2.89 bits per heavy atom. The first-order valence-corrected chi connectivity index (χ1v) is 7.28. The van der Waals surface area contributed by atoms with Gasteiger partial charge in [0.25, 0.3) is 10.0 Å². The van der Waals surface area contributed by atoms with Crippen LogP contribution >= 0.6 is 0 Å². The molecule has 0 bridgehead atoms. The van der Waals surface area contributed by atoms with E-state index in [1.165, 1.54) is 10.5 Å². The van der Waals surface area contributed by atoms with Crippen molar-refractivity contribution in [3.8, 4) is 0 Å². The van der Waals surface area contributed by atoms with E-state index in [0.29, 0.717) is 18.7 Å². The van der Waals surface area contributed by atoms with Crippen LogP contribution < -0.4 is 5.73 Å². The molecule has 0 saturated heterocycles. The number of nitrogens with one attached hydrogen (secondary N) is 1. The molecule has 18 heavy (non-hydrogen) atoms. The van der Waals surface area contributed by atoms with Crippen molar-refractivity contribution in [2.24, 2.45) is 5.73 Å². The molecule has 2 rings (SSSR count). The van der Waals surface area contributed by atoms with Gasteiger partial charge >= 0.3 is 0 Å². The topological polar surface area (TPSA) is 101 Å². The van der Waals surface area contributed by atoms with Crippen molar-refractivity contribution in [3.63, 3.8) is 0 Å². The fourth-order valence-electron chi connectivity index (χ4n) is 1.83. The molecule has 0 atom stereocenters. The average molecular weight is 274 g/mol. The molecule has 0 amide bonds. The number of aromatic amines is 1. The van der Waals surface area contributed by atoms with Crippen LogP contribution in [-0.4, -0.2) is 49.2 Å². The predicted octanol–water partition coefficient (Wildman–Crippen LogP) is -0.332. The van der Waals surface area contributed by atoms with E-state index in [4.69, 9.17) is 10.5 Å². The Morgan fingerprint density at radius 2 is 2.33 bits per heavy atom. The van der Waals surface area contributed by atoms with E-state index in [0.717, 1.165) is 12.8 Å². The van der Waals surface area contributed by atoms with Crippen LogP contribution in [0.15, 0.2) is 11.2 Å². The largest absolute Gasteiger partial charge is 0.383 e. The normalized spacial score (nSPS) is 16.4. The van der Waals surface area contributed by atoms with E-state index in [1.54, 1.807) is 7.11 Å². The molecule has 0 spiro atoms. The van der Waals surface area contributed by atoms with Gasteiger partial charge in [0, 0.05) is 31.8 Å². The van der Waals surface area contributed by atoms with Gasteiger partial charge in [-0.25, -0.2) is 8.42 Å². The summed E-state index contributed by atoms with van der Waals surface area (Å²) in [5.41, 5.74) is 6.03. The van der Waals surface area contributed by atoms with Crippen molar-refractivity contribution >= 4 is 10.0 Å². The van der Waals surface area contributed by atoms with Gasteiger partial charge in [-0.05, 0) is 12.8 Å². The number of nitrogens with two attached hydrogens (primary N) is 1. The number of hydrogen-bond donors (Lipinski definition) is 2. The van der Waals surface area contributed by atoms with Gasteiger partial charge in [0.15, 0.2) is 5.03 Å². The Bertz CT molecular complexity index is 495. The molecular weight excluding hydrogens is 256 g/mol. The van der Waals surface area contributed by atoms with Crippen LogP contribution in [0.1, 0.15) is 18.4 Å². The number of ether oxygens (including phenoxy) is 1. The van der Waals surface area contributed by atoms with Gasteiger partial charge in [-0.3, -0.25) is 5.10 Å². The fraction of sp³-hybridized carbons (Fsp3) is 0.700. The molecule has 1 aliphatic carbocycles. The first-order chi connectivity index (χ1) is 8.61. The molecule has 0 unspecified atom stereocenters. The van der Waals surface area contributed by atoms with E-state index >= 15 is 0 Å². The van der Waals surface area contributed by atoms with Gasteiger partial charge in [0.05, 0.1) is 12.8 Å². The molecule has 7 nitrogen and oxygen atoms in total. The molecule has 8 heteroatoms. The molecule has 0 aliphatic heterocycles. The smallest absolute Gasteiger partial charge is 0.260 e. The van der Waals surface area contributed by atoms with E-state index in [1.807, 2.05) is 0 Å². The first kappa shape index (κ1) is 13.5. The number of methoxy groups -OCH3 is 1. The van der Waals surface area contributed by atoms with E-state index in [2.05, 4.69) is 10.2 Å². The lowest BCUT2D eigenvalue weighted by atomic mass is 10.4. The Hall–Kier alpha value is -0.960. The van der Waals surface area contributed by atoms with E-state index in [9.17, 15) is 8.42 Å². The van der Waals surface area contributed by atoms with Crippen LogP contribution in [0, 0.1) is 0 Å². The standard InChI is InChI=1S/C10H18N4O3S/c1-17-5-4-14(9-2-3-9)18(15,16)10-8(6-11)7-12-13-10/h7,9H,2-6,11H2,1H3,(H,12,13). The van der Waals surface area contributed by atoms with Crippen molar-refractivity contribution in [1.29, 1.82) is 0 Å². The molecule has 1 heterocycles. The summed E-state index contributed by atoms with van der Waals surface area (Å²) in [6, 6.07) is 0.0825. The zero-order valence-corrected chi connectivity index (χ0v) is 11.1. The minimum Gasteiger partial charge on any atom is -0.383 e. The second-order valence-corrected chi connectivity index (χ2v) is 6.10. The van der Waals surface area contributed by atoms with Gasteiger partial charge in [-0.15, -0.1) is 0 Å². The monoisotopic (exact) mass is 274 g/mol. The van der Waals surface area contributed by atoms with Crippen molar-refractivity contribution in [1.82, 2.24) is 14.5 Å². The lowest BCUT2D eigenvalue weighted by molar-refractivity contribution is 0.177. The molecule has 3 N–H and O–H groups in total. The maximum absolute atomic E-state index is 12.5. The van der Waals surface area contributed by atoms with E-state index < -0.39 is 10.0 Å². The fourth-order valence-corrected chi connectivity index (χ4v) is 3.62. The molecule has 1 saturated carbocycles. The Kier molecular flexibility index (Phi) is 4.00. The second-order valence-electron chi connectivity index (χ2n) is 4.27. The molecule has 1 aliphatic rings. The van der Waals surface area contributed by atoms with Crippen LogP contribution in [0.4, 0.5) is 0 Å². The number of sulfonamides is 1. The molecule has 0 radical (unpaired) electrons. The summed E-state index contributed by atoms with van der Waals surface area (Å²) in [5, 5.41) is 6.40. The van der Waals surface area contributed by atoms with Crippen LogP contribution in [0.2, 0.25) is 0 Å². The third-order valence-corrected chi connectivity index (χ3v) is 4.90. The van der Waals surface area contributed by atoms with Crippen molar-refractivity contribution < 1.29 is 13.2 Å². The second kappa shape index (κ2) is 5.35. The third kappa shape index (κ3) is 2.56. The van der Waals surface area contributed by atoms with Gasteiger partial charge < -0.3 is 10.5 Å². The molecule has 102 valence electrons. The van der Waals surface area contributed by atoms with Gasteiger partial charge in [0.1, 0.15) is 0 Å². The summed E-state index contributed by atoms with van der Waals surface area (Å²) < 4.78 is 31.4. The zero-order valence-electron chi connectivity index (χ0n) is 10.3. The van der Waals surface area contributed by atoms with Crippen molar-refractivity contribution in [2.75, 3.05) is 20.3 Å². The predicted molar refractivity (Wildman–Crippen MR) is 65.3 cm³/mol. The minimum atomic E-state index is -3.55. The number of rotatable bonds is 7. The van der Waals surface area contributed by atoms with Gasteiger partial charge in [-0.2, -0.15) is 9.40 Å². The summed E-state index contributed by atoms with van der Waals surface area (Å²) in [7, 11) is -2.00. The van der Waals surface area contributed by atoms with Crippen molar-refractivity contribution in [2.45, 2.75) is 30.5 Å². The summed E-state index contributed by atoms with van der Waals surface area (Å²) in [4.78, 5) is 0. The quantitative estimate of drug-likeness (QED) is 0.709. The zero-order chi connectivity index (χ0) is 13.2. The highest BCUT2D eigenvalue weighted by Crippen LogP contribution is 2.31. The molecular formula is C10H18N4O3S. The van der Waals surface area contributed by atoms with Gasteiger partial charge in [0.2, 0.25) is 0 Å². The summed E-state index contributed by atoms with van der Waals surface area (Å²) in [6.45, 7) is 0.877. The van der Waals surface area contributed by atoms with Crippen molar-refractivity contribution in [3.05, 3.63) is 11.8 Å². The van der Waals surface area contributed by atoms with Gasteiger partial charge in [-0.1, -0.05) is 0 Å². The maximum Gasteiger partial charge on any atom is 0.260 e. The molecule has 1 fully saturated rings. The Labute approximate surface area is 106 Å². The Balaban J connectivity index is 2.27. The van der Waals surface area contributed by atoms with E-state index in [-0.39, 0.29) is 17.6 Å². The van der Waals surface area contributed by atoms with Crippen LogP contribution in [0.3, 0.4) is 0 Å². The van der Waals surface area contributed by atoms with Crippen LogP contribution in [-0.2, 0) is 21.3 Å². The van der Waals surface area contributed by atoms with Crippen LogP contribution in [0.5, 0.6) is 0 Å². The highest BCUT2D eigenvalue weighted by Gasteiger charge is 2.39. The highest BCUT2D eigenvalue weighted by molar-refractivity contribution is 7.89. The lowest BCUT2D eigenvalue weighted by Crippen LogP contribution is -2.36. The molecule has 1 aromatic heterocycles. The summed E-state index contributed by atoms with van der Waals surface area (Å²) in [5.74, 6) is 0. The maximum atomic E-state index is 12.5. The average Bonchev–Trinajstić information content (AvgIpc) is 3.05.